The minimum absolute atomic E-state index is 0.0311. The third kappa shape index (κ3) is 3.91. The zero-order chi connectivity index (χ0) is 20.6. The molecular weight excluding hydrogens is 420 g/mol. The molecule has 1 N–H and O–H groups in total. The Morgan fingerprint density at radius 1 is 1.10 bits per heavy atom. The zero-order valence-electron chi connectivity index (χ0n) is 15.3. The molecule has 0 radical (unpaired) electrons. The number of nitrogens with one attached hydrogen (secondary N) is 1. The number of carbonyl (C=O) groups excluding carboxylic acids is 2. The smallest absolute Gasteiger partial charge is 0.321 e. The number of hydrogen-bond donors (Lipinski definition) is 1. The minimum atomic E-state index is -0.822. The van der Waals surface area contributed by atoms with Crippen molar-refractivity contribution in [2.45, 2.75) is 17.7 Å². The van der Waals surface area contributed by atoms with Crippen LogP contribution in [0.15, 0.2) is 42.5 Å². The number of likely N-dealkylation sites (tertiary alicyclic amines) is 1. The number of amides is 3. The molecule has 152 valence electrons. The van der Waals surface area contributed by atoms with Gasteiger partial charge in [0.25, 0.3) is 0 Å². The average molecular weight is 438 g/mol. The van der Waals surface area contributed by atoms with Crippen LogP contribution in [0.1, 0.15) is 12.8 Å². The average Bonchev–Trinajstić information content (AvgIpc) is 3.01. The maximum Gasteiger partial charge on any atom is 0.321 e. The summed E-state index contributed by atoms with van der Waals surface area (Å²) < 4.78 is 26.8. The van der Waals surface area contributed by atoms with Gasteiger partial charge in [-0.05, 0) is 49.2 Å². The first-order valence-corrected chi connectivity index (χ1v) is 10.5. The van der Waals surface area contributed by atoms with Crippen LogP contribution < -0.4 is 10.2 Å². The van der Waals surface area contributed by atoms with Gasteiger partial charge < -0.3 is 10.2 Å². The van der Waals surface area contributed by atoms with Gasteiger partial charge in [-0.1, -0.05) is 11.6 Å². The predicted molar refractivity (Wildman–Crippen MR) is 110 cm³/mol. The molecule has 0 atom stereocenters. The Bertz CT molecular complexity index is 949. The molecule has 0 aliphatic carbocycles. The highest BCUT2D eigenvalue weighted by Gasteiger charge is 2.49. The second kappa shape index (κ2) is 7.84. The van der Waals surface area contributed by atoms with Crippen LogP contribution in [0.3, 0.4) is 0 Å². The zero-order valence-corrected chi connectivity index (χ0v) is 16.9. The van der Waals surface area contributed by atoms with E-state index in [4.69, 9.17) is 11.6 Å². The highest BCUT2D eigenvalue weighted by atomic mass is 35.5. The van der Waals surface area contributed by atoms with Crippen LogP contribution in [0.2, 0.25) is 5.02 Å². The highest BCUT2D eigenvalue weighted by Crippen LogP contribution is 2.46. The molecule has 0 saturated carbocycles. The van der Waals surface area contributed by atoms with Gasteiger partial charge in [0.05, 0.1) is 16.3 Å². The first kappa shape index (κ1) is 20.0. The third-order valence-electron chi connectivity index (χ3n) is 5.21. The number of rotatable bonds is 2. The fourth-order valence-corrected chi connectivity index (χ4v) is 5.19. The molecule has 0 bridgehead atoms. The molecule has 2 aliphatic heterocycles. The standard InChI is InChI=1S/C20H18ClF2N3O2S/c21-13-1-4-15(5-2-13)26-18(27)12-29-20(26)7-9-25(10-8-20)19(28)24-17-6-3-14(22)11-16(17)23/h1-6,11H,7-10,12H2,(H,24,28). The van der Waals surface area contributed by atoms with Crippen LogP contribution in [0.25, 0.3) is 0 Å². The van der Waals surface area contributed by atoms with Gasteiger partial charge in [-0.25, -0.2) is 13.6 Å². The highest BCUT2D eigenvalue weighted by molar-refractivity contribution is 8.02. The summed E-state index contributed by atoms with van der Waals surface area (Å²) in [5.74, 6) is -1.11. The van der Waals surface area contributed by atoms with Crippen LogP contribution in [-0.4, -0.2) is 40.6 Å². The van der Waals surface area contributed by atoms with E-state index in [0.29, 0.717) is 36.7 Å². The Hall–Kier alpha value is -2.32. The summed E-state index contributed by atoms with van der Waals surface area (Å²) in [6.07, 6.45) is 1.18. The molecule has 2 aromatic carbocycles. The number of urea groups is 1. The lowest BCUT2D eigenvalue weighted by Crippen LogP contribution is -2.53. The Morgan fingerprint density at radius 3 is 2.45 bits per heavy atom. The maximum absolute atomic E-state index is 13.8. The Balaban J connectivity index is 1.45. The van der Waals surface area contributed by atoms with Crippen molar-refractivity contribution in [2.24, 2.45) is 0 Å². The number of anilines is 2. The lowest BCUT2D eigenvalue weighted by molar-refractivity contribution is -0.116. The van der Waals surface area contributed by atoms with Crippen LogP contribution in [0.4, 0.5) is 25.0 Å². The van der Waals surface area contributed by atoms with E-state index in [1.54, 1.807) is 28.8 Å². The first-order chi connectivity index (χ1) is 13.9. The summed E-state index contributed by atoms with van der Waals surface area (Å²) in [7, 11) is 0. The van der Waals surface area contributed by atoms with Gasteiger partial charge >= 0.3 is 6.03 Å². The number of piperidine rings is 1. The molecule has 4 rings (SSSR count). The van der Waals surface area contributed by atoms with Gasteiger partial charge in [-0.2, -0.15) is 0 Å². The van der Waals surface area contributed by atoms with E-state index in [-0.39, 0.29) is 11.6 Å². The summed E-state index contributed by atoms with van der Waals surface area (Å²) in [5, 5.41) is 3.09. The number of hydrogen-bond acceptors (Lipinski definition) is 3. The van der Waals surface area contributed by atoms with E-state index in [0.717, 1.165) is 17.8 Å². The molecule has 2 saturated heterocycles. The van der Waals surface area contributed by atoms with Gasteiger partial charge in [-0.15, -0.1) is 11.8 Å². The van der Waals surface area contributed by atoms with E-state index < -0.39 is 22.5 Å². The van der Waals surface area contributed by atoms with Crippen molar-refractivity contribution in [1.29, 1.82) is 0 Å². The Morgan fingerprint density at radius 2 is 1.79 bits per heavy atom. The van der Waals surface area contributed by atoms with Gasteiger partial charge in [-0.3, -0.25) is 9.69 Å². The predicted octanol–water partition coefficient (Wildman–Crippen LogP) is 4.72. The molecule has 9 heteroatoms. The number of nitrogens with zero attached hydrogens (tertiary/aromatic N) is 2. The molecular formula is C20H18ClF2N3O2S. The molecule has 29 heavy (non-hydrogen) atoms. The SMILES string of the molecule is O=C(Nc1ccc(F)cc1F)N1CCC2(CC1)SCC(=O)N2c1ccc(Cl)cc1. The van der Waals surface area contributed by atoms with E-state index in [9.17, 15) is 18.4 Å². The van der Waals surface area contributed by atoms with Crippen molar-refractivity contribution in [1.82, 2.24) is 4.90 Å². The second-order valence-electron chi connectivity index (χ2n) is 6.98. The third-order valence-corrected chi connectivity index (χ3v) is 6.98. The van der Waals surface area contributed by atoms with Crippen LogP contribution in [0, 0.1) is 11.6 Å². The minimum Gasteiger partial charge on any atom is -0.324 e. The summed E-state index contributed by atoms with van der Waals surface area (Å²) >= 11 is 7.55. The normalized spacial score (nSPS) is 18.4. The molecule has 2 fully saturated rings. The summed E-state index contributed by atoms with van der Waals surface area (Å²) in [6, 6.07) is 9.72. The molecule has 2 aromatic rings. The van der Waals surface area contributed by atoms with E-state index in [2.05, 4.69) is 5.32 Å². The number of carbonyl (C=O) groups is 2. The fraction of sp³-hybridized carbons (Fsp3) is 0.300. The Labute approximate surface area is 176 Å². The van der Waals surface area contributed by atoms with Crippen LogP contribution >= 0.6 is 23.4 Å². The monoisotopic (exact) mass is 437 g/mol. The first-order valence-electron chi connectivity index (χ1n) is 9.11. The van der Waals surface area contributed by atoms with Crippen molar-refractivity contribution in [3.8, 4) is 0 Å². The molecule has 1 spiro atoms. The molecule has 0 aromatic heterocycles. The summed E-state index contributed by atoms with van der Waals surface area (Å²) in [6.45, 7) is 0.831. The quantitative estimate of drug-likeness (QED) is 0.739. The number of thioether (sulfide) groups is 1. The van der Waals surface area contributed by atoms with Crippen molar-refractivity contribution >= 4 is 46.7 Å². The van der Waals surface area contributed by atoms with Crippen molar-refractivity contribution in [3.63, 3.8) is 0 Å². The van der Waals surface area contributed by atoms with Gasteiger partial charge in [0.1, 0.15) is 11.6 Å². The lowest BCUT2D eigenvalue weighted by atomic mass is 10.0. The van der Waals surface area contributed by atoms with Gasteiger partial charge in [0.15, 0.2) is 0 Å². The molecule has 2 aliphatic rings. The number of halogens is 3. The van der Waals surface area contributed by atoms with Crippen molar-refractivity contribution in [3.05, 3.63) is 59.1 Å². The van der Waals surface area contributed by atoms with Gasteiger partial charge in [0.2, 0.25) is 5.91 Å². The lowest BCUT2D eigenvalue weighted by Gasteiger charge is -2.43. The second-order valence-corrected chi connectivity index (χ2v) is 8.76. The fourth-order valence-electron chi connectivity index (χ4n) is 3.73. The maximum atomic E-state index is 13.8. The van der Waals surface area contributed by atoms with Crippen molar-refractivity contribution < 1.29 is 18.4 Å². The van der Waals surface area contributed by atoms with E-state index >= 15 is 0 Å². The topological polar surface area (TPSA) is 52.7 Å². The van der Waals surface area contributed by atoms with Gasteiger partial charge in [0, 0.05) is 29.9 Å². The molecule has 3 amide bonds. The van der Waals surface area contributed by atoms with Crippen LogP contribution in [0.5, 0.6) is 0 Å². The molecule has 2 heterocycles. The number of benzene rings is 2. The Kier molecular flexibility index (Phi) is 5.40. The summed E-state index contributed by atoms with van der Waals surface area (Å²) in [4.78, 5) is 28.1. The molecule has 0 unspecified atom stereocenters. The summed E-state index contributed by atoms with van der Waals surface area (Å²) in [5.41, 5.74) is 0.723. The van der Waals surface area contributed by atoms with E-state index in [1.807, 2.05) is 17.0 Å². The van der Waals surface area contributed by atoms with E-state index in [1.165, 1.54) is 6.07 Å². The van der Waals surface area contributed by atoms with Crippen molar-refractivity contribution in [2.75, 3.05) is 29.1 Å². The largest absolute Gasteiger partial charge is 0.324 e. The molecule has 5 nitrogen and oxygen atoms in total. The van der Waals surface area contributed by atoms with Crippen LogP contribution in [-0.2, 0) is 4.79 Å².